The van der Waals surface area contributed by atoms with Crippen molar-refractivity contribution in [2.45, 2.75) is 39.3 Å². The van der Waals surface area contributed by atoms with Crippen LogP contribution in [0.15, 0.2) is 28.8 Å². The highest BCUT2D eigenvalue weighted by molar-refractivity contribution is 6.31. The zero-order chi connectivity index (χ0) is 13.7. The molecule has 4 nitrogen and oxygen atoms in total. The Balaban J connectivity index is 1.92. The van der Waals surface area contributed by atoms with Crippen molar-refractivity contribution >= 4 is 11.6 Å². The maximum Gasteiger partial charge on any atom is 0.240 e. The molecule has 0 fully saturated rings. The third kappa shape index (κ3) is 3.78. The SMILES string of the molecule is CCCc1noc(CN[C@@H](C)c2ccccc2Cl)n1. The lowest BCUT2D eigenvalue weighted by Crippen LogP contribution is -2.18. The lowest BCUT2D eigenvalue weighted by atomic mass is 10.1. The van der Waals surface area contributed by atoms with Gasteiger partial charge in [-0.1, -0.05) is 41.9 Å². The number of halogens is 1. The summed E-state index contributed by atoms with van der Waals surface area (Å²) in [5, 5.41) is 8.02. The largest absolute Gasteiger partial charge is 0.338 e. The Hall–Kier alpha value is -1.39. The van der Waals surface area contributed by atoms with E-state index in [1.165, 1.54) is 0 Å². The molecule has 2 aromatic rings. The number of hydrogen-bond donors (Lipinski definition) is 1. The molecule has 0 saturated heterocycles. The van der Waals surface area contributed by atoms with Crippen LogP contribution in [-0.2, 0) is 13.0 Å². The molecule has 0 spiro atoms. The first kappa shape index (κ1) is 14.0. The van der Waals surface area contributed by atoms with E-state index in [4.69, 9.17) is 16.1 Å². The predicted molar refractivity (Wildman–Crippen MR) is 75.0 cm³/mol. The van der Waals surface area contributed by atoms with Crippen LogP contribution in [0.1, 0.15) is 43.6 Å². The summed E-state index contributed by atoms with van der Waals surface area (Å²) in [4.78, 5) is 4.31. The van der Waals surface area contributed by atoms with E-state index in [1.807, 2.05) is 24.3 Å². The molecule has 0 saturated carbocycles. The van der Waals surface area contributed by atoms with Crippen molar-refractivity contribution in [2.24, 2.45) is 0 Å². The van der Waals surface area contributed by atoms with Gasteiger partial charge in [0.25, 0.3) is 0 Å². The molecule has 0 amide bonds. The summed E-state index contributed by atoms with van der Waals surface area (Å²) in [7, 11) is 0. The fraction of sp³-hybridized carbons (Fsp3) is 0.429. The summed E-state index contributed by atoms with van der Waals surface area (Å²) < 4.78 is 5.18. The number of benzene rings is 1. The van der Waals surface area contributed by atoms with Crippen molar-refractivity contribution in [3.8, 4) is 0 Å². The molecule has 5 heteroatoms. The van der Waals surface area contributed by atoms with Crippen molar-refractivity contribution in [2.75, 3.05) is 0 Å². The Labute approximate surface area is 118 Å². The lowest BCUT2D eigenvalue weighted by Gasteiger charge is -2.13. The molecule has 1 heterocycles. The zero-order valence-corrected chi connectivity index (χ0v) is 11.9. The zero-order valence-electron chi connectivity index (χ0n) is 11.2. The minimum atomic E-state index is 0.134. The summed E-state index contributed by atoms with van der Waals surface area (Å²) in [5.41, 5.74) is 1.07. The molecule has 1 atom stereocenters. The average Bonchev–Trinajstić information content (AvgIpc) is 2.85. The molecule has 0 aliphatic heterocycles. The quantitative estimate of drug-likeness (QED) is 0.879. The smallest absolute Gasteiger partial charge is 0.240 e. The summed E-state index contributed by atoms with van der Waals surface area (Å²) in [6.45, 7) is 4.70. The second-order valence-corrected chi connectivity index (χ2v) is 4.89. The molecule has 0 aliphatic carbocycles. The Bertz CT molecular complexity index is 527. The molecule has 1 aromatic carbocycles. The molecule has 0 bridgehead atoms. The number of aromatic nitrogens is 2. The third-order valence-electron chi connectivity index (χ3n) is 2.91. The van der Waals surface area contributed by atoms with Gasteiger partial charge in [0.2, 0.25) is 5.89 Å². The fourth-order valence-electron chi connectivity index (χ4n) is 1.86. The molecular formula is C14H18ClN3O. The van der Waals surface area contributed by atoms with Crippen LogP contribution in [0.5, 0.6) is 0 Å². The van der Waals surface area contributed by atoms with Gasteiger partial charge < -0.3 is 9.84 Å². The van der Waals surface area contributed by atoms with Gasteiger partial charge in [0.15, 0.2) is 5.82 Å². The van der Waals surface area contributed by atoms with Crippen molar-refractivity contribution in [3.05, 3.63) is 46.6 Å². The normalized spacial score (nSPS) is 12.6. The molecule has 0 unspecified atom stereocenters. The van der Waals surface area contributed by atoms with Gasteiger partial charge in [0, 0.05) is 17.5 Å². The minimum Gasteiger partial charge on any atom is -0.338 e. The van der Waals surface area contributed by atoms with Crippen LogP contribution in [0.3, 0.4) is 0 Å². The molecule has 2 rings (SSSR count). The van der Waals surface area contributed by atoms with Gasteiger partial charge in [-0.05, 0) is 25.0 Å². The topological polar surface area (TPSA) is 51.0 Å². The van der Waals surface area contributed by atoms with Crippen LogP contribution >= 0.6 is 11.6 Å². The highest BCUT2D eigenvalue weighted by Crippen LogP contribution is 2.22. The van der Waals surface area contributed by atoms with E-state index in [0.717, 1.165) is 29.3 Å². The monoisotopic (exact) mass is 279 g/mol. The van der Waals surface area contributed by atoms with Gasteiger partial charge in [-0.15, -0.1) is 0 Å². The molecule has 1 N–H and O–H groups in total. The Morgan fingerprint density at radius 1 is 1.37 bits per heavy atom. The Kier molecular flexibility index (Phi) is 4.93. The van der Waals surface area contributed by atoms with Gasteiger partial charge in [-0.3, -0.25) is 0 Å². The number of aryl methyl sites for hydroxylation is 1. The van der Waals surface area contributed by atoms with E-state index in [2.05, 4.69) is 29.3 Å². The van der Waals surface area contributed by atoms with Gasteiger partial charge in [0.05, 0.1) is 6.54 Å². The molecule has 19 heavy (non-hydrogen) atoms. The lowest BCUT2D eigenvalue weighted by molar-refractivity contribution is 0.356. The van der Waals surface area contributed by atoms with Gasteiger partial charge in [0.1, 0.15) is 0 Å². The third-order valence-corrected chi connectivity index (χ3v) is 3.26. The van der Waals surface area contributed by atoms with Crippen LogP contribution in [0.4, 0.5) is 0 Å². The van der Waals surface area contributed by atoms with Crippen LogP contribution in [0.25, 0.3) is 0 Å². The van der Waals surface area contributed by atoms with Gasteiger partial charge >= 0.3 is 0 Å². The van der Waals surface area contributed by atoms with E-state index in [1.54, 1.807) is 0 Å². The maximum atomic E-state index is 6.15. The van der Waals surface area contributed by atoms with Gasteiger partial charge in [-0.25, -0.2) is 0 Å². The first-order chi connectivity index (χ1) is 9.20. The maximum absolute atomic E-state index is 6.15. The summed E-state index contributed by atoms with van der Waals surface area (Å²) in [6.07, 6.45) is 1.87. The van der Waals surface area contributed by atoms with E-state index in [0.29, 0.717) is 12.4 Å². The minimum absolute atomic E-state index is 0.134. The van der Waals surface area contributed by atoms with Crippen LogP contribution < -0.4 is 5.32 Å². The highest BCUT2D eigenvalue weighted by atomic mass is 35.5. The molecular weight excluding hydrogens is 262 g/mol. The van der Waals surface area contributed by atoms with E-state index in [9.17, 15) is 0 Å². The van der Waals surface area contributed by atoms with Crippen LogP contribution in [0, 0.1) is 0 Å². The van der Waals surface area contributed by atoms with Crippen molar-refractivity contribution in [1.29, 1.82) is 0 Å². The standard InChI is InChI=1S/C14H18ClN3O/c1-3-6-13-17-14(19-18-13)9-16-10(2)11-7-4-5-8-12(11)15/h4-5,7-8,10,16H,3,6,9H2,1-2H3/t10-/m0/s1. The fourth-order valence-corrected chi connectivity index (χ4v) is 2.16. The first-order valence-electron chi connectivity index (χ1n) is 6.50. The van der Waals surface area contributed by atoms with Crippen molar-refractivity contribution in [1.82, 2.24) is 15.5 Å². The van der Waals surface area contributed by atoms with Crippen LogP contribution in [-0.4, -0.2) is 10.1 Å². The van der Waals surface area contributed by atoms with Crippen molar-refractivity contribution in [3.63, 3.8) is 0 Å². The second-order valence-electron chi connectivity index (χ2n) is 4.48. The van der Waals surface area contributed by atoms with E-state index < -0.39 is 0 Å². The summed E-state index contributed by atoms with van der Waals surface area (Å²) in [6, 6.07) is 7.94. The average molecular weight is 280 g/mol. The van der Waals surface area contributed by atoms with E-state index in [-0.39, 0.29) is 6.04 Å². The first-order valence-corrected chi connectivity index (χ1v) is 6.87. The van der Waals surface area contributed by atoms with Crippen molar-refractivity contribution < 1.29 is 4.52 Å². The molecule has 0 radical (unpaired) electrons. The summed E-state index contributed by atoms with van der Waals surface area (Å²) in [5.74, 6) is 1.38. The van der Waals surface area contributed by atoms with Crippen LogP contribution in [0.2, 0.25) is 5.02 Å². The molecule has 1 aromatic heterocycles. The molecule has 0 aliphatic rings. The summed E-state index contributed by atoms with van der Waals surface area (Å²) >= 11 is 6.15. The highest BCUT2D eigenvalue weighted by Gasteiger charge is 2.11. The number of nitrogens with zero attached hydrogens (tertiary/aromatic N) is 2. The predicted octanol–water partition coefficient (Wildman–Crippen LogP) is 3.53. The number of nitrogens with one attached hydrogen (secondary N) is 1. The number of hydrogen-bond acceptors (Lipinski definition) is 4. The second kappa shape index (κ2) is 6.68. The Morgan fingerprint density at radius 2 is 2.16 bits per heavy atom. The molecule has 102 valence electrons. The van der Waals surface area contributed by atoms with Gasteiger partial charge in [-0.2, -0.15) is 4.98 Å². The van der Waals surface area contributed by atoms with E-state index >= 15 is 0 Å². The Morgan fingerprint density at radius 3 is 2.89 bits per heavy atom. The number of rotatable bonds is 6.